The molecule has 19 heavy (non-hydrogen) atoms. The van der Waals surface area contributed by atoms with Crippen LogP contribution in [0.3, 0.4) is 0 Å². The number of aliphatic hydroxyl groups excluding tert-OH is 1. The van der Waals surface area contributed by atoms with Gasteiger partial charge in [-0.2, -0.15) is 0 Å². The molecular formula is C16H21NO2. The van der Waals surface area contributed by atoms with Crippen molar-refractivity contribution in [3.05, 3.63) is 35.4 Å². The third kappa shape index (κ3) is 4.76. The zero-order valence-electron chi connectivity index (χ0n) is 11.8. The Morgan fingerprint density at radius 3 is 2.84 bits per heavy atom. The van der Waals surface area contributed by atoms with Gasteiger partial charge in [-0.25, -0.2) is 0 Å². The molecule has 0 fully saturated rings. The second-order valence-electron chi connectivity index (χ2n) is 4.66. The van der Waals surface area contributed by atoms with E-state index in [1.165, 1.54) is 0 Å². The van der Waals surface area contributed by atoms with Crippen molar-refractivity contribution < 1.29 is 9.90 Å². The van der Waals surface area contributed by atoms with Crippen LogP contribution in [-0.2, 0) is 11.3 Å². The minimum Gasteiger partial charge on any atom is -0.384 e. The van der Waals surface area contributed by atoms with Crippen molar-refractivity contribution in [1.29, 1.82) is 0 Å². The van der Waals surface area contributed by atoms with Gasteiger partial charge >= 0.3 is 0 Å². The monoisotopic (exact) mass is 259 g/mol. The van der Waals surface area contributed by atoms with Gasteiger partial charge < -0.3 is 10.0 Å². The molecule has 3 nitrogen and oxygen atoms in total. The van der Waals surface area contributed by atoms with E-state index < -0.39 is 0 Å². The van der Waals surface area contributed by atoms with Crippen LogP contribution in [0, 0.1) is 17.8 Å². The molecule has 0 radical (unpaired) electrons. The first-order valence-corrected chi connectivity index (χ1v) is 6.52. The fourth-order valence-electron chi connectivity index (χ4n) is 1.79. The molecule has 0 aromatic heterocycles. The van der Waals surface area contributed by atoms with Gasteiger partial charge in [-0.1, -0.05) is 37.8 Å². The Balaban J connectivity index is 2.74. The van der Waals surface area contributed by atoms with E-state index in [1.54, 1.807) is 4.90 Å². The van der Waals surface area contributed by atoms with E-state index >= 15 is 0 Å². The van der Waals surface area contributed by atoms with Crippen molar-refractivity contribution in [2.75, 3.05) is 13.7 Å². The highest BCUT2D eigenvalue weighted by molar-refractivity contribution is 5.78. The molecule has 1 N–H and O–H groups in total. The maximum absolute atomic E-state index is 12.0. The van der Waals surface area contributed by atoms with Crippen molar-refractivity contribution in [2.45, 2.75) is 26.8 Å². The summed E-state index contributed by atoms with van der Waals surface area (Å²) < 4.78 is 0. The number of rotatable bonds is 4. The van der Waals surface area contributed by atoms with Gasteiger partial charge in [-0.3, -0.25) is 4.79 Å². The van der Waals surface area contributed by atoms with Crippen LogP contribution >= 0.6 is 0 Å². The van der Waals surface area contributed by atoms with Crippen LogP contribution < -0.4 is 0 Å². The molecule has 0 saturated heterocycles. The van der Waals surface area contributed by atoms with Crippen LogP contribution in [0.1, 0.15) is 31.4 Å². The zero-order valence-corrected chi connectivity index (χ0v) is 11.8. The third-order valence-corrected chi connectivity index (χ3v) is 3.07. The second kappa shape index (κ2) is 7.60. The average Bonchev–Trinajstić information content (AvgIpc) is 2.43. The van der Waals surface area contributed by atoms with Crippen molar-refractivity contribution in [3.8, 4) is 11.8 Å². The molecule has 1 amide bonds. The van der Waals surface area contributed by atoms with Gasteiger partial charge in [-0.05, 0) is 24.1 Å². The lowest BCUT2D eigenvalue weighted by molar-refractivity contribution is -0.134. The molecule has 1 aromatic carbocycles. The Labute approximate surface area is 115 Å². The predicted molar refractivity (Wildman–Crippen MR) is 76.3 cm³/mol. The van der Waals surface area contributed by atoms with E-state index in [4.69, 9.17) is 5.11 Å². The summed E-state index contributed by atoms with van der Waals surface area (Å²) in [6, 6.07) is 7.73. The molecule has 0 aliphatic heterocycles. The molecule has 102 valence electrons. The van der Waals surface area contributed by atoms with E-state index in [2.05, 4.69) is 11.8 Å². The lowest BCUT2D eigenvalue weighted by atomic mass is 10.1. The Kier molecular flexibility index (Phi) is 6.11. The number of hydrogen-bond acceptors (Lipinski definition) is 2. The highest BCUT2D eigenvalue weighted by Gasteiger charge is 2.15. The molecule has 1 unspecified atom stereocenters. The summed E-state index contributed by atoms with van der Waals surface area (Å²) in [4.78, 5) is 13.7. The summed E-state index contributed by atoms with van der Waals surface area (Å²) in [5, 5.41) is 8.68. The van der Waals surface area contributed by atoms with Crippen LogP contribution in [0.15, 0.2) is 24.3 Å². The van der Waals surface area contributed by atoms with Gasteiger partial charge in [0.05, 0.1) is 0 Å². The maximum Gasteiger partial charge on any atom is 0.225 e. The lowest BCUT2D eigenvalue weighted by Gasteiger charge is -2.20. The van der Waals surface area contributed by atoms with Gasteiger partial charge in [0.1, 0.15) is 6.61 Å². The first-order valence-electron chi connectivity index (χ1n) is 6.52. The zero-order chi connectivity index (χ0) is 14.3. The molecule has 1 rings (SSSR count). The Bertz CT molecular complexity index is 485. The van der Waals surface area contributed by atoms with Crippen molar-refractivity contribution in [3.63, 3.8) is 0 Å². The summed E-state index contributed by atoms with van der Waals surface area (Å²) >= 11 is 0. The topological polar surface area (TPSA) is 40.5 Å². The summed E-state index contributed by atoms with van der Waals surface area (Å²) in [5.41, 5.74) is 1.90. The van der Waals surface area contributed by atoms with Crippen LogP contribution in [-0.4, -0.2) is 29.6 Å². The highest BCUT2D eigenvalue weighted by Crippen LogP contribution is 2.11. The van der Waals surface area contributed by atoms with Gasteiger partial charge in [0.25, 0.3) is 0 Å². The Morgan fingerprint density at radius 2 is 2.21 bits per heavy atom. The fraction of sp³-hybridized carbons (Fsp3) is 0.438. The molecule has 0 heterocycles. The number of hydrogen-bond donors (Lipinski definition) is 1. The van der Waals surface area contributed by atoms with Crippen LogP contribution in [0.25, 0.3) is 0 Å². The summed E-state index contributed by atoms with van der Waals surface area (Å²) in [5.74, 6) is 5.71. The van der Waals surface area contributed by atoms with Crippen LogP contribution in [0.5, 0.6) is 0 Å². The first-order chi connectivity index (χ1) is 9.08. The molecule has 0 aliphatic rings. The second-order valence-corrected chi connectivity index (χ2v) is 4.66. The standard InChI is InChI=1S/C16H21NO2/c1-4-13(2)16(19)17(3)12-15-8-5-7-14(11-15)9-6-10-18/h5,7-8,11,13,18H,4,10,12H2,1-3H3. The van der Waals surface area contributed by atoms with Gasteiger partial charge in [-0.15, -0.1) is 0 Å². The fourth-order valence-corrected chi connectivity index (χ4v) is 1.79. The normalized spacial score (nSPS) is 11.4. The average molecular weight is 259 g/mol. The largest absolute Gasteiger partial charge is 0.384 e. The lowest BCUT2D eigenvalue weighted by Crippen LogP contribution is -2.30. The van der Waals surface area contributed by atoms with E-state index in [-0.39, 0.29) is 18.4 Å². The number of nitrogens with zero attached hydrogens (tertiary/aromatic N) is 1. The van der Waals surface area contributed by atoms with Gasteiger partial charge in [0.2, 0.25) is 5.91 Å². The van der Waals surface area contributed by atoms with Gasteiger partial charge in [0.15, 0.2) is 0 Å². The summed E-state index contributed by atoms with van der Waals surface area (Å²) in [7, 11) is 1.82. The van der Waals surface area contributed by atoms with Crippen LogP contribution in [0.2, 0.25) is 0 Å². The molecular weight excluding hydrogens is 238 g/mol. The molecule has 1 aromatic rings. The van der Waals surface area contributed by atoms with E-state index in [0.29, 0.717) is 6.54 Å². The smallest absolute Gasteiger partial charge is 0.225 e. The molecule has 0 saturated carbocycles. The molecule has 0 spiro atoms. The molecule has 1 atom stereocenters. The predicted octanol–water partition coefficient (Wildman–Crippen LogP) is 2.03. The minimum absolute atomic E-state index is 0.0577. The maximum atomic E-state index is 12.0. The molecule has 3 heteroatoms. The van der Waals surface area contributed by atoms with Crippen LogP contribution in [0.4, 0.5) is 0 Å². The quantitative estimate of drug-likeness (QED) is 0.841. The summed E-state index contributed by atoms with van der Waals surface area (Å²) in [6.45, 7) is 4.40. The first kappa shape index (κ1) is 15.3. The SMILES string of the molecule is CCC(C)C(=O)N(C)Cc1cccc(C#CCO)c1. The number of aliphatic hydroxyl groups is 1. The third-order valence-electron chi connectivity index (χ3n) is 3.07. The van der Waals surface area contributed by atoms with Crippen molar-refractivity contribution in [1.82, 2.24) is 4.90 Å². The summed E-state index contributed by atoms with van der Waals surface area (Å²) in [6.07, 6.45) is 0.852. The number of carbonyl (C=O) groups is 1. The highest BCUT2D eigenvalue weighted by atomic mass is 16.2. The number of amides is 1. The van der Waals surface area contributed by atoms with E-state index in [0.717, 1.165) is 17.5 Å². The Morgan fingerprint density at radius 1 is 1.47 bits per heavy atom. The number of carbonyl (C=O) groups excluding carboxylic acids is 1. The van der Waals surface area contributed by atoms with Crippen molar-refractivity contribution in [2.24, 2.45) is 5.92 Å². The number of benzene rings is 1. The minimum atomic E-state index is -0.142. The van der Waals surface area contributed by atoms with Gasteiger partial charge in [0, 0.05) is 25.1 Å². The molecule has 0 aliphatic carbocycles. The molecule has 0 bridgehead atoms. The van der Waals surface area contributed by atoms with Crippen molar-refractivity contribution >= 4 is 5.91 Å². The van der Waals surface area contributed by atoms with E-state index in [9.17, 15) is 4.79 Å². The Hall–Kier alpha value is -1.79. The van der Waals surface area contributed by atoms with E-state index in [1.807, 2.05) is 45.2 Å².